The molecule has 4 nitrogen and oxygen atoms in total. The maximum Gasteiger partial charge on any atom is 0.129 e. The molecule has 2 aromatic rings. The molecule has 0 saturated heterocycles. The van der Waals surface area contributed by atoms with Gasteiger partial charge < -0.3 is 5.32 Å². The van der Waals surface area contributed by atoms with Crippen molar-refractivity contribution in [2.45, 2.75) is 26.3 Å². The van der Waals surface area contributed by atoms with E-state index in [9.17, 15) is 0 Å². The van der Waals surface area contributed by atoms with Gasteiger partial charge in [-0.05, 0) is 6.42 Å². The normalized spacial score (nSPS) is 10.3. The maximum atomic E-state index is 4.21. The van der Waals surface area contributed by atoms with Gasteiger partial charge in [-0.25, -0.2) is 15.0 Å². The minimum Gasteiger partial charge on any atom is -0.363 e. The summed E-state index contributed by atoms with van der Waals surface area (Å²) in [6, 6.07) is 2.00. The number of aryl methyl sites for hydroxylation is 1. The molecule has 0 saturated carbocycles. The Kier molecular flexibility index (Phi) is 3.82. The Hall–Kier alpha value is -1.49. The van der Waals surface area contributed by atoms with E-state index in [1.807, 2.05) is 17.6 Å². The Labute approximate surface area is 98.8 Å². The standard InChI is InChI=1S/C11H14N4S/c1-2-3-9-6-10(15-8-14-9)13-7-11-12-4-5-16-11/h4-6,8H,2-3,7H2,1H3,(H,13,14,15). The van der Waals surface area contributed by atoms with Crippen molar-refractivity contribution in [2.75, 3.05) is 5.32 Å². The highest BCUT2D eigenvalue weighted by Gasteiger charge is 1.99. The second-order valence-corrected chi connectivity index (χ2v) is 4.40. The van der Waals surface area contributed by atoms with Crippen molar-refractivity contribution in [3.05, 3.63) is 34.7 Å². The quantitative estimate of drug-likeness (QED) is 0.863. The summed E-state index contributed by atoms with van der Waals surface area (Å²) < 4.78 is 0. The van der Waals surface area contributed by atoms with Crippen LogP contribution in [0.3, 0.4) is 0 Å². The maximum absolute atomic E-state index is 4.21. The summed E-state index contributed by atoms with van der Waals surface area (Å²) in [5.74, 6) is 0.869. The van der Waals surface area contributed by atoms with Crippen LogP contribution in [0.1, 0.15) is 24.0 Å². The molecule has 0 aromatic carbocycles. The molecule has 0 bridgehead atoms. The summed E-state index contributed by atoms with van der Waals surface area (Å²) in [7, 11) is 0. The summed E-state index contributed by atoms with van der Waals surface area (Å²) in [5, 5.41) is 6.28. The van der Waals surface area contributed by atoms with Crippen molar-refractivity contribution in [1.29, 1.82) is 0 Å². The number of rotatable bonds is 5. The molecule has 0 atom stereocenters. The molecular weight excluding hydrogens is 220 g/mol. The number of thiazole rings is 1. The van der Waals surface area contributed by atoms with Gasteiger partial charge in [0.25, 0.3) is 0 Å². The second kappa shape index (κ2) is 5.55. The third-order valence-corrected chi connectivity index (χ3v) is 2.91. The first-order chi connectivity index (χ1) is 7.88. The van der Waals surface area contributed by atoms with Crippen molar-refractivity contribution in [2.24, 2.45) is 0 Å². The summed E-state index contributed by atoms with van der Waals surface area (Å²) in [6.45, 7) is 2.87. The smallest absolute Gasteiger partial charge is 0.129 e. The van der Waals surface area contributed by atoms with Crippen LogP contribution < -0.4 is 5.32 Å². The Morgan fingerprint density at radius 1 is 1.31 bits per heavy atom. The largest absolute Gasteiger partial charge is 0.363 e. The molecule has 0 aliphatic rings. The number of anilines is 1. The van der Waals surface area contributed by atoms with Crippen LogP contribution in [0.5, 0.6) is 0 Å². The Morgan fingerprint density at radius 3 is 3.00 bits per heavy atom. The van der Waals surface area contributed by atoms with E-state index in [1.165, 1.54) is 0 Å². The Bertz CT molecular complexity index is 427. The number of nitrogens with zero attached hydrogens (tertiary/aromatic N) is 3. The van der Waals surface area contributed by atoms with Gasteiger partial charge in [0.15, 0.2) is 0 Å². The van der Waals surface area contributed by atoms with Crippen LogP contribution >= 0.6 is 11.3 Å². The highest BCUT2D eigenvalue weighted by atomic mass is 32.1. The zero-order valence-electron chi connectivity index (χ0n) is 9.18. The molecule has 16 heavy (non-hydrogen) atoms. The molecule has 1 N–H and O–H groups in total. The van der Waals surface area contributed by atoms with E-state index in [-0.39, 0.29) is 0 Å². The lowest BCUT2D eigenvalue weighted by molar-refractivity contribution is 0.871. The van der Waals surface area contributed by atoms with E-state index in [0.717, 1.165) is 35.9 Å². The van der Waals surface area contributed by atoms with Crippen LogP contribution in [0.25, 0.3) is 0 Å². The predicted octanol–water partition coefficient (Wildman–Crippen LogP) is 2.50. The molecule has 84 valence electrons. The van der Waals surface area contributed by atoms with E-state index in [0.29, 0.717) is 0 Å². The second-order valence-electron chi connectivity index (χ2n) is 3.42. The summed E-state index contributed by atoms with van der Waals surface area (Å²) in [5.41, 5.74) is 1.08. The molecule has 0 fully saturated rings. The van der Waals surface area contributed by atoms with Gasteiger partial charge in [-0.3, -0.25) is 0 Å². The molecule has 0 unspecified atom stereocenters. The van der Waals surface area contributed by atoms with E-state index in [1.54, 1.807) is 17.7 Å². The topological polar surface area (TPSA) is 50.7 Å². The van der Waals surface area contributed by atoms with Crippen LogP contribution in [0.2, 0.25) is 0 Å². The molecule has 0 aliphatic heterocycles. The highest BCUT2D eigenvalue weighted by molar-refractivity contribution is 7.09. The van der Waals surface area contributed by atoms with Crippen molar-refractivity contribution in [3.8, 4) is 0 Å². The third-order valence-electron chi connectivity index (χ3n) is 2.13. The van der Waals surface area contributed by atoms with Gasteiger partial charge in [-0.2, -0.15) is 0 Å². The molecular formula is C11H14N4S. The minimum atomic E-state index is 0.722. The van der Waals surface area contributed by atoms with Crippen LogP contribution in [-0.2, 0) is 13.0 Å². The van der Waals surface area contributed by atoms with Gasteiger partial charge in [-0.1, -0.05) is 13.3 Å². The lowest BCUT2D eigenvalue weighted by atomic mass is 10.2. The Balaban J connectivity index is 1.96. The first-order valence-corrected chi connectivity index (χ1v) is 6.19. The van der Waals surface area contributed by atoms with E-state index in [2.05, 4.69) is 27.2 Å². The minimum absolute atomic E-state index is 0.722. The van der Waals surface area contributed by atoms with Crippen molar-refractivity contribution in [3.63, 3.8) is 0 Å². The molecule has 2 rings (SSSR count). The summed E-state index contributed by atoms with van der Waals surface area (Å²) in [4.78, 5) is 12.6. The van der Waals surface area contributed by atoms with Gasteiger partial charge in [0.2, 0.25) is 0 Å². The van der Waals surface area contributed by atoms with Crippen molar-refractivity contribution >= 4 is 17.2 Å². The average Bonchev–Trinajstić information content (AvgIpc) is 2.80. The van der Waals surface area contributed by atoms with Crippen LogP contribution in [0, 0.1) is 0 Å². The van der Waals surface area contributed by atoms with Crippen molar-refractivity contribution in [1.82, 2.24) is 15.0 Å². The highest BCUT2D eigenvalue weighted by Crippen LogP contribution is 2.09. The fourth-order valence-corrected chi connectivity index (χ4v) is 1.95. The van der Waals surface area contributed by atoms with Crippen LogP contribution in [0.4, 0.5) is 5.82 Å². The van der Waals surface area contributed by atoms with Gasteiger partial charge in [0.05, 0.1) is 6.54 Å². The monoisotopic (exact) mass is 234 g/mol. The van der Waals surface area contributed by atoms with E-state index >= 15 is 0 Å². The molecule has 0 aliphatic carbocycles. The van der Waals surface area contributed by atoms with E-state index < -0.39 is 0 Å². The number of hydrogen-bond donors (Lipinski definition) is 1. The van der Waals surface area contributed by atoms with E-state index in [4.69, 9.17) is 0 Å². The molecule has 2 heterocycles. The van der Waals surface area contributed by atoms with Gasteiger partial charge >= 0.3 is 0 Å². The number of hydrogen-bond acceptors (Lipinski definition) is 5. The van der Waals surface area contributed by atoms with Crippen LogP contribution in [0.15, 0.2) is 24.0 Å². The molecule has 0 spiro atoms. The number of nitrogens with one attached hydrogen (secondary N) is 1. The first-order valence-electron chi connectivity index (χ1n) is 5.31. The molecule has 0 radical (unpaired) electrons. The lowest BCUT2D eigenvalue weighted by Gasteiger charge is -2.04. The van der Waals surface area contributed by atoms with Gasteiger partial charge in [0.1, 0.15) is 17.2 Å². The summed E-state index contributed by atoms with van der Waals surface area (Å²) >= 11 is 1.64. The zero-order valence-corrected chi connectivity index (χ0v) is 10.00. The van der Waals surface area contributed by atoms with Crippen molar-refractivity contribution < 1.29 is 0 Å². The first kappa shape index (κ1) is 11.0. The van der Waals surface area contributed by atoms with Crippen LogP contribution in [-0.4, -0.2) is 15.0 Å². The zero-order chi connectivity index (χ0) is 11.2. The summed E-state index contributed by atoms with van der Waals surface area (Å²) in [6.07, 6.45) is 5.51. The predicted molar refractivity (Wildman–Crippen MR) is 65.5 cm³/mol. The Morgan fingerprint density at radius 2 is 2.25 bits per heavy atom. The third kappa shape index (κ3) is 3.00. The lowest BCUT2D eigenvalue weighted by Crippen LogP contribution is -2.02. The number of aromatic nitrogens is 3. The molecule has 5 heteroatoms. The van der Waals surface area contributed by atoms with Gasteiger partial charge in [0, 0.05) is 23.3 Å². The van der Waals surface area contributed by atoms with Gasteiger partial charge in [-0.15, -0.1) is 11.3 Å². The average molecular weight is 234 g/mol. The SMILES string of the molecule is CCCc1cc(NCc2nccs2)ncn1. The fraction of sp³-hybridized carbons (Fsp3) is 0.364. The molecule has 0 amide bonds. The molecule has 2 aromatic heterocycles. The fourth-order valence-electron chi connectivity index (χ4n) is 1.39.